The van der Waals surface area contributed by atoms with Gasteiger partial charge in [-0.1, -0.05) is 6.92 Å². The minimum absolute atomic E-state index is 0.416. The molecule has 5 nitrogen and oxygen atoms in total. The summed E-state index contributed by atoms with van der Waals surface area (Å²) in [4.78, 5) is 16.0. The van der Waals surface area contributed by atoms with Gasteiger partial charge in [0, 0.05) is 38.8 Å². The fraction of sp³-hybridized carbons (Fsp3) is 0.923. The average Bonchev–Trinajstić information content (AvgIpc) is 2.36. The van der Waals surface area contributed by atoms with E-state index in [2.05, 4.69) is 23.6 Å². The molecule has 1 saturated heterocycles. The van der Waals surface area contributed by atoms with Crippen molar-refractivity contribution in [3.05, 3.63) is 0 Å². The van der Waals surface area contributed by atoms with Gasteiger partial charge in [0.1, 0.15) is 0 Å². The number of amides is 1. The summed E-state index contributed by atoms with van der Waals surface area (Å²) >= 11 is 0. The molecule has 1 amide bonds. The van der Waals surface area contributed by atoms with Crippen molar-refractivity contribution >= 4 is 5.91 Å². The van der Waals surface area contributed by atoms with Gasteiger partial charge in [-0.3, -0.25) is 9.69 Å². The van der Waals surface area contributed by atoms with E-state index in [9.17, 15) is 4.79 Å². The zero-order chi connectivity index (χ0) is 13.8. The van der Waals surface area contributed by atoms with Crippen molar-refractivity contribution in [1.29, 1.82) is 0 Å². The molecule has 0 saturated carbocycles. The SMILES string of the molecule is CCC(C)N1CCN(CCC(C)(N)C(N)=O)CC1. The third kappa shape index (κ3) is 4.23. The molecule has 0 bridgehead atoms. The van der Waals surface area contributed by atoms with E-state index >= 15 is 0 Å². The number of piperazine rings is 1. The topological polar surface area (TPSA) is 75.6 Å². The quantitative estimate of drug-likeness (QED) is 0.701. The molecule has 1 heterocycles. The highest BCUT2D eigenvalue weighted by Crippen LogP contribution is 2.11. The number of rotatable bonds is 6. The average molecular weight is 256 g/mol. The zero-order valence-corrected chi connectivity index (χ0v) is 12.0. The van der Waals surface area contributed by atoms with Crippen LogP contribution in [0.2, 0.25) is 0 Å². The van der Waals surface area contributed by atoms with Crippen LogP contribution in [0.15, 0.2) is 0 Å². The van der Waals surface area contributed by atoms with E-state index in [-0.39, 0.29) is 0 Å². The van der Waals surface area contributed by atoms with Crippen molar-refractivity contribution in [1.82, 2.24) is 9.80 Å². The van der Waals surface area contributed by atoms with Crippen LogP contribution >= 0.6 is 0 Å². The maximum absolute atomic E-state index is 11.1. The first kappa shape index (κ1) is 15.4. The second-order valence-electron chi connectivity index (χ2n) is 5.67. The number of carbonyl (C=O) groups is 1. The van der Waals surface area contributed by atoms with Crippen LogP contribution in [0.3, 0.4) is 0 Å². The Hall–Kier alpha value is -0.650. The lowest BCUT2D eigenvalue weighted by Gasteiger charge is -2.38. The Balaban J connectivity index is 2.30. The number of nitrogens with two attached hydrogens (primary N) is 2. The monoisotopic (exact) mass is 256 g/mol. The molecule has 0 aromatic rings. The highest BCUT2D eigenvalue weighted by Gasteiger charge is 2.27. The van der Waals surface area contributed by atoms with Crippen LogP contribution in [0, 0.1) is 0 Å². The van der Waals surface area contributed by atoms with Gasteiger partial charge in [0.05, 0.1) is 5.54 Å². The molecule has 0 aromatic carbocycles. The molecule has 0 radical (unpaired) electrons. The van der Waals surface area contributed by atoms with Gasteiger partial charge >= 0.3 is 0 Å². The fourth-order valence-electron chi connectivity index (χ4n) is 2.20. The van der Waals surface area contributed by atoms with E-state index in [0.717, 1.165) is 32.7 Å². The predicted molar refractivity (Wildman–Crippen MR) is 74.2 cm³/mol. The normalized spacial score (nSPS) is 23.6. The summed E-state index contributed by atoms with van der Waals surface area (Å²) in [5.41, 5.74) is 10.3. The number of primary amides is 1. The molecule has 1 aliphatic rings. The smallest absolute Gasteiger partial charge is 0.237 e. The lowest BCUT2D eigenvalue weighted by Crippen LogP contribution is -2.54. The molecule has 1 aliphatic heterocycles. The Kier molecular flexibility index (Phi) is 5.56. The Bertz CT molecular complexity index is 272. The summed E-state index contributed by atoms with van der Waals surface area (Å²) in [6.07, 6.45) is 1.83. The van der Waals surface area contributed by atoms with Gasteiger partial charge in [-0.05, 0) is 26.7 Å². The Labute approximate surface area is 110 Å². The van der Waals surface area contributed by atoms with Gasteiger partial charge in [0.2, 0.25) is 5.91 Å². The van der Waals surface area contributed by atoms with Gasteiger partial charge in [0.25, 0.3) is 0 Å². The molecule has 106 valence electrons. The molecule has 2 atom stereocenters. The van der Waals surface area contributed by atoms with Crippen molar-refractivity contribution < 1.29 is 4.79 Å². The van der Waals surface area contributed by atoms with Gasteiger partial charge < -0.3 is 16.4 Å². The Morgan fingerprint density at radius 1 is 1.33 bits per heavy atom. The third-order valence-corrected chi connectivity index (χ3v) is 4.13. The zero-order valence-electron chi connectivity index (χ0n) is 12.0. The minimum atomic E-state index is -0.881. The third-order valence-electron chi connectivity index (χ3n) is 4.13. The number of hydrogen-bond donors (Lipinski definition) is 2. The molecule has 1 rings (SSSR count). The fourth-order valence-corrected chi connectivity index (χ4v) is 2.20. The van der Waals surface area contributed by atoms with Crippen LogP contribution in [-0.4, -0.2) is 60.0 Å². The van der Waals surface area contributed by atoms with Crippen LogP contribution in [-0.2, 0) is 4.79 Å². The van der Waals surface area contributed by atoms with Gasteiger partial charge in [-0.2, -0.15) is 0 Å². The summed E-state index contributed by atoms with van der Waals surface area (Å²) in [7, 11) is 0. The lowest BCUT2D eigenvalue weighted by molar-refractivity contribution is -0.122. The molecule has 0 aliphatic carbocycles. The van der Waals surface area contributed by atoms with E-state index in [1.54, 1.807) is 6.92 Å². The molecule has 1 fully saturated rings. The van der Waals surface area contributed by atoms with Crippen molar-refractivity contribution in [2.45, 2.75) is 45.2 Å². The van der Waals surface area contributed by atoms with Crippen molar-refractivity contribution in [2.75, 3.05) is 32.7 Å². The molecule has 5 heteroatoms. The first-order valence-corrected chi connectivity index (χ1v) is 6.92. The molecular weight excluding hydrogens is 228 g/mol. The van der Waals surface area contributed by atoms with Gasteiger partial charge in [-0.15, -0.1) is 0 Å². The van der Waals surface area contributed by atoms with Crippen LogP contribution < -0.4 is 11.5 Å². The van der Waals surface area contributed by atoms with E-state index in [0.29, 0.717) is 12.5 Å². The number of carbonyl (C=O) groups excluding carboxylic acids is 1. The van der Waals surface area contributed by atoms with E-state index in [1.165, 1.54) is 6.42 Å². The first-order chi connectivity index (χ1) is 8.36. The van der Waals surface area contributed by atoms with Crippen LogP contribution in [0.4, 0.5) is 0 Å². The Morgan fingerprint density at radius 3 is 2.33 bits per heavy atom. The van der Waals surface area contributed by atoms with Gasteiger partial charge in [0.15, 0.2) is 0 Å². The summed E-state index contributed by atoms with van der Waals surface area (Å²) in [6, 6.07) is 0.664. The molecule has 4 N–H and O–H groups in total. The summed E-state index contributed by atoms with van der Waals surface area (Å²) in [6.45, 7) is 11.4. The van der Waals surface area contributed by atoms with Crippen molar-refractivity contribution in [3.63, 3.8) is 0 Å². The summed E-state index contributed by atoms with van der Waals surface area (Å²) in [5.74, 6) is -0.416. The summed E-state index contributed by atoms with van der Waals surface area (Å²) in [5, 5.41) is 0. The number of nitrogens with zero attached hydrogens (tertiary/aromatic N) is 2. The first-order valence-electron chi connectivity index (χ1n) is 6.92. The maximum Gasteiger partial charge on any atom is 0.237 e. The Morgan fingerprint density at radius 2 is 1.89 bits per heavy atom. The summed E-state index contributed by atoms with van der Waals surface area (Å²) < 4.78 is 0. The molecule has 18 heavy (non-hydrogen) atoms. The highest BCUT2D eigenvalue weighted by atomic mass is 16.1. The molecular formula is C13H28N4O. The van der Waals surface area contributed by atoms with E-state index < -0.39 is 11.4 Å². The molecule has 0 spiro atoms. The number of hydrogen-bond acceptors (Lipinski definition) is 4. The minimum Gasteiger partial charge on any atom is -0.368 e. The maximum atomic E-state index is 11.1. The second-order valence-corrected chi connectivity index (χ2v) is 5.67. The largest absolute Gasteiger partial charge is 0.368 e. The van der Waals surface area contributed by atoms with Crippen LogP contribution in [0.1, 0.15) is 33.6 Å². The van der Waals surface area contributed by atoms with Crippen LogP contribution in [0.25, 0.3) is 0 Å². The van der Waals surface area contributed by atoms with Gasteiger partial charge in [-0.25, -0.2) is 0 Å². The second kappa shape index (κ2) is 6.50. The van der Waals surface area contributed by atoms with E-state index in [4.69, 9.17) is 11.5 Å². The lowest BCUT2D eigenvalue weighted by atomic mass is 9.98. The molecule has 2 unspecified atom stereocenters. The van der Waals surface area contributed by atoms with Crippen LogP contribution in [0.5, 0.6) is 0 Å². The standard InChI is InChI=1S/C13H28N4O/c1-4-11(2)17-9-7-16(8-10-17)6-5-13(3,15)12(14)18/h11H,4-10,15H2,1-3H3,(H2,14,18). The van der Waals surface area contributed by atoms with Crippen molar-refractivity contribution in [2.24, 2.45) is 11.5 Å². The molecule has 0 aromatic heterocycles. The van der Waals surface area contributed by atoms with E-state index in [1.807, 2.05) is 0 Å². The highest BCUT2D eigenvalue weighted by molar-refractivity contribution is 5.83. The predicted octanol–water partition coefficient (Wildman–Crippen LogP) is -0.00470. The van der Waals surface area contributed by atoms with Crippen molar-refractivity contribution in [3.8, 4) is 0 Å².